The molecule has 0 radical (unpaired) electrons. The zero-order chi connectivity index (χ0) is 13.9. The van der Waals surface area contributed by atoms with Crippen LogP contribution in [0.3, 0.4) is 0 Å². The number of nitrogens with zero attached hydrogens (tertiary/aromatic N) is 2. The number of hydrogen-bond acceptors (Lipinski definition) is 2. The lowest BCUT2D eigenvalue weighted by Crippen LogP contribution is -2.36. The van der Waals surface area contributed by atoms with Gasteiger partial charge in [-0.25, -0.2) is 14.2 Å². The van der Waals surface area contributed by atoms with Gasteiger partial charge >= 0.3 is 6.03 Å². The van der Waals surface area contributed by atoms with Crippen LogP contribution in [0.1, 0.15) is 33.3 Å². The van der Waals surface area contributed by atoms with Crippen molar-refractivity contribution in [3.05, 3.63) is 23.6 Å². The lowest BCUT2D eigenvalue weighted by atomic mass is 10.1. The van der Waals surface area contributed by atoms with Crippen LogP contribution in [0.15, 0.2) is 12.3 Å². The molecule has 5 heteroatoms. The molecular formula is C13H20FN3O. The molecule has 1 aromatic heterocycles. The Morgan fingerprint density at radius 1 is 1.44 bits per heavy atom. The van der Waals surface area contributed by atoms with Gasteiger partial charge in [0.05, 0.1) is 12.1 Å². The van der Waals surface area contributed by atoms with Crippen molar-refractivity contribution in [3.63, 3.8) is 0 Å². The number of pyridine rings is 1. The van der Waals surface area contributed by atoms with Crippen LogP contribution in [0.25, 0.3) is 0 Å². The van der Waals surface area contributed by atoms with Gasteiger partial charge in [-0.3, -0.25) is 4.90 Å². The number of carbonyl (C=O) groups is 1. The Morgan fingerprint density at radius 3 is 2.50 bits per heavy atom. The zero-order valence-corrected chi connectivity index (χ0v) is 11.5. The molecular weight excluding hydrogens is 233 g/mol. The summed E-state index contributed by atoms with van der Waals surface area (Å²) in [4.78, 5) is 16.9. The number of hydrogen-bond donors (Lipinski definition) is 1. The van der Waals surface area contributed by atoms with Crippen LogP contribution in [-0.2, 0) is 0 Å². The molecule has 1 fully saturated rings. The van der Waals surface area contributed by atoms with Crippen molar-refractivity contribution in [2.75, 3.05) is 11.4 Å². The van der Waals surface area contributed by atoms with E-state index in [4.69, 9.17) is 0 Å². The summed E-state index contributed by atoms with van der Waals surface area (Å²) in [6, 6.07) is 1.07. The van der Waals surface area contributed by atoms with E-state index in [1.165, 1.54) is 11.0 Å². The molecule has 0 spiro atoms. The number of rotatable bonds is 1. The molecule has 0 saturated carbocycles. The van der Waals surface area contributed by atoms with E-state index >= 15 is 0 Å². The second kappa shape index (κ2) is 5.33. The summed E-state index contributed by atoms with van der Waals surface area (Å²) in [5, 5.41) is 2.76. The highest BCUT2D eigenvalue weighted by Gasteiger charge is 2.37. The van der Waals surface area contributed by atoms with E-state index in [2.05, 4.69) is 10.3 Å². The summed E-state index contributed by atoms with van der Waals surface area (Å²) < 4.78 is 13.6. The normalized spacial score (nSPS) is 17.0. The largest absolute Gasteiger partial charge is 0.331 e. The highest BCUT2D eigenvalue weighted by Crippen LogP contribution is 2.23. The lowest BCUT2D eigenvalue weighted by molar-refractivity contribution is 0.248. The average molecular weight is 253 g/mol. The molecule has 0 aromatic carbocycles. The number of anilines is 1. The number of aromatic nitrogens is 1. The molecule has 0 aliphatic carbocycles. The molecule has 0 atom stereocenters. The van der Waals surface area contributed by atoms with E-state index in [-0.39, 0.29) is 17.4 Å². The Bertz CT molecular complexity index is 446. The van der Waals surface area contributed by atoms with Crippen LogP contribution in [0.2, 0.25) is 0 Å². The van der Waals surface area contributed by atoms with Crippen molar-refractivity contribution in [2.45, 2.75) is 40.2 Å². The molecule has 1 N–H and O–H groups in total. The van der Waals surface area contributed by atoms with Crippen LogP contribution in [0.4, 0.5) is 15.0 Å². The fourth-order valence-electron chi connectivity index (χ4n) is 1.76. The number of carbonyl (C=O) groups excluding carboxylic acids is 1. The molecule has 2 amide bonds. The van der Waals surface area contributed by atoms with Crippen LogP contribution in [0, 0.1) is 12.7 Å². The first-order valence-electron chi connectivity index (χ1n) is 6.11. The fraction of sp³-hybridized carbons (Fsp3) is 0.538. The summed E-state index contributed by atoms with van der Waals surface area (Å²) in [7, 11) is 0. The van der Waals surface area contributed by atoms with Gasteiger partial charge in [0, 0.05) is 6.20 Å². The number of nitrogens with one attached hydrogen (secondary N) is 1. The van der Waals surface area contributed by atoms with Crippen LogP contribution < -0.4 is 10.2 Å². The van der Waals surface area contributed by atoms with Crippen molar-refractivity contribution in [1.82, 2.24) is 10.3 Å². The third-order valence-corrected chi connectivity index (χ3v) is 2.46. The standard InChI is InChI=1S/C11H14FN3O.C2H6/c1-7-4-8(12)9(13-5-7)15-6-11(2,3)14-10(15)16;1-2/h4-5H,6H2,1-3H3,(H,14,16);1-2H3. The SMILES string of the molecule is CC.Cc1cnc(N2CC(C)(C)NC2=O)c(F)c1. The summed E-state index contributed by atoms with van der Waals surface area (Å²) in [5.41, 5.74) is 0.385. The topological polar surface area (TPSA) is 45.2 Å². The molecule has 1 aliphatic heterocycles. The van der Waals surface area contributed by atoms with Gasteiger partial charge in [0.1, 0.15) is 0 Å². The van der Waals surface area contributed by atoms with Gasteiger partial charge in [-0.2, -0.15) is 0 Å². The molecule has 2 heterocycles. The Balaban J connectivity index is 0.000000771. The Kier molecular flexibility index (Phi) is 4.27. The van der Waals surface area contributed by atoms with E-state index < -0.39 is 5.82 Å². The molecule has 2 rings (SSSR count). The Hall–Kier alpha value is -1.65. The van der Waals surface area contributed by atoms with E-state index in [1.54, 1.807) is 13.1 Å². The van der Waals surface area contributed by atoms with Gasteiger partial charge in [0.25, 0.3) is 0 Å². The predicted octanol–water partition coefficient (Wildman–Crippen LogP) is 2.86. The van der Waals surface area contributed by atoms with Crippen molar-refractivity contribution in [3.8, 4) is 0 Å². The molecule has 1 aliphatic rings. The van der Waals surface area contributed by atoms with Crippen LogP contribution in [0.5, 0.6) is 0 Å². The first-order chi connectivity index (χ1) is 8.39. The van der Waals surface area contributed by atoms with Gasteiger partial charge in [-0.15, -0.1) is 0 Å². The van der Waals surface area contributed by atoms with Crippen LogP contribution in [-0.4, -0.2) is 23.1 Å². The average Bonchev–Trinajstić information content (AvgIpc) is 2.55. The lowest BCUT2D eigenvalue weighted by Gasteiger charge is -2.17. The van der Waals surface area contributed by atoms with Crippen molar-refractivity contribution >= 4 is 11.8 Å². The first-order valence-corrected chi connectivity index (χ1v) is 6.11. The molecule has 1 aromatic rings. The minimum Gasteiger partial charge on any atom is -0.331 e. The highest BCUT2D eigenvalue weighted by molar-refractivity contribution is 5.94. The maximum atomic E-state index is 13.6. The highest BCUT2D eigenvalue weighted by atomic mass is 19.1. The molecule has 0 bridgehead atoms. The molecule has 18 heavy (non-hydrogen) atoms. The fourth-order valence-corrected chi connectivity index (χ4v) is 1.76. The number of urea groups is 1. The molecule has 1 saturated heterocycles. The number of aryl methyl sites for hydroxylation is 1. The van der Waals surface area contributed by atoms with Crippen LogP contribution >= 0.6 is 0 Å². The predicted molar refractivity (Wildman–Crippen MR) is 70.2 cm³/mol. The minimum atomic E-state index is -0.465. The molecule has 0 unspecified atom stereocenters. The second-order valence-electron chi connectivity index (χ2n) is 4.72. The maximum Gasteiger partial charge on any atom is 0.323 e. The van der Waals surface area contributed by atoms with Crippen molar-refractivity contribution in [2.24, 2.45) is 0 Å². The summed E-state index contributed by atoms with van der Waals surface area (Å²) in [5.74, 6) is -0.374. The maximum absolute atomic E-state index is 13.6. The van der Waals surface area contributed by atoms with Gasteiger partial charge in [0.2, 0.25) is 0 Å². The van der Waals surface area contributed by atoms with Gasteiger partial charge in [0.15, 0.2) is 11.6 Å². The van der Waals surface area contributed by atoms with E-state index in [9.17, 15) is 9.18 Å². The minimum absolute atomic E-state index is 0.0914. The molecule has 100 valence electrons. The van der Waals surface area contributed by atoms with E-state index in [0.29, 0.717) is 6.54 Å². The third-order valence-electron chi connectivity index (χ3n) is 2.46. The smallest absolute Gasteiger partial charge is 0.323 e. The summed E-state index contributed by atoms with van der Waals surface area (Å²) in [6.07, 6.45) is 1.55. The quantitative estimate of drug-likeness (QED) is 0.836. The Morgan fingerprint density at radius 2 is 2.06 bits per heavy atom. The van der Waals surface area contributed by atoms with Gasteiger partial charge in [-0.05, 0) is 32.4 Å². The van der Waals surface area contributed by atoms with Crippen molar-refractivity contribution < 1.29 is 9.18 Å². The monoisotopic (exact) mass is 253 g/mol. The molecule has 4 nitrogen and oxygen atoms in total. The van der Waals surface area contributed by atoms with Gasteiger partial charge in [-0.1, -0.05) is 13.8 Å². The van der Waals surface area contributed by atoms with Crippen molar-refractivity contribution in [1.29, 1.82) is 0 Å². The first kappa shape index (κ1) is 14.4. The van der Waals surface area contributed by atoms with E-state index in [1.807, 2.05) is 27.7 Å². The third kappa shape index (κ3) is 2.97. The van der Waals surface area contributed by atoms with E-state index in [0.717, 1.165) is 5.56 Å². The second-order valence-corrected chi connectivity index (χ2v) is 4.72. The number of halogens is 1. The number of amides is 2. The zero-order valence-electron chi connectivity index (χ0n) is 11.5. The summed E-state index contributed by atoms with van der Waals surface area (Å²) in [6.45, 7) is 9.95. The van der Waals surface area contributed by atoms with Gasteiger partial charge < -0.3 is 5.32 Å². The Labute approximate surface area is 107 Å². The summed E-state index contributed by atoms with van der Waals surface area (Å²) >= 11 is 0.